The number of alkyl halides is 3. The third kappa shape index (κ3) is 4.86. The van der Waals surface area contributed by atoms with Gasteiger partial charge in [-0.15, -0.1) is 0 Å². The van der Waals surface area contributed by atoms with E-state index in [-0.39, 0.29) is 11.2 Å². The summed E-state index contributed by atoms with van der Waals surface area (Å²) in [5.41, 5.74) is 1.56. The van der Waals surface area contributed by atoms with E-state index in [1.807, 2.05) is 30.3 Å². The Bertz CT molecular complexity index is 1110. The van der Waals surface area contributed by atoms with Crippen LogP contribution < -0.4 is 16.2 Å². The quantitative estimate of drug-likeness (QED) is 0.367. The number of nitrogens with one attached hydrogen (secondary N) is 2. The van der Waals surface area contributed by atoms with E-state index in [4.69, 9.17) is 34.8 Å². The van der Waals surface area contributed by atoms with Gasteiger partial charge in [-0.2, -0.15) is 0 Å². The largest absolute Gasteiger partial charge is 0.356 e. The Balaban J connectivity index is 1.94. The number of carbonyl (C=O) groups excluding carboxylic acids is 1. The number of benzene rings is 2. The lowest BCUT2D eigenvalue weighted by atomic mass is 10.2. The van der Waals surface area contributed by atoms with E-state index in [0.29, 0.717) is 16.9 Å². The number of hydrogen-bond acceptors (Lipinski definition) is 3. The normalized spacial score (nSPS) is 12.5. The Morgan fingerprint density at radius 1 is 1.07 bits per heavy atom. The molecule has 0 radical (unpaired) electrons. The molecule has 0 aliphatic carbocycles. The van der Waals surface area contributed by atoms with Crippen molar-refractivity contribution in [1.29, 1.82) is 0 Å². The number of amides is 1. The average molecular weight is 533 g/mol. The lowest BCUT2D eigenvalue weighted by Crippen LogP contribution is -2.49. The van der Waals surface area contributed by atoms with Crippen LogP contribution in [0.5, 0.6) is 0 Å². The van der Waals surface area contributed by atoms with Crippen molar-refractivity contribution in [3.05, 3.63) is 80.7 Å². The average Bonchev–Trinajstić information content (AvgIpc) is 2.91. The van der Waals surface area contributed by atoms with Crippen LogP contribution in [-0.4, -0.2) is 25.2 Å². The van der Waals surface area contributed by atoms with Crippen molar-refractivity contribution in [2.24, 2.45) is 7.05 Å². The number of anilines is 1. The molecule has 6 nitrogen and oxygen atoms in total. The van der Waals surface area contributed by atoms with E-state index in [1.54, 1.807) is 42.9 Å². The Hall–Kier alpha value is -1.93. The summed E-state index contributed by atoms with van der Waals surface area (Å²) < 4.78 is 2.09. The Morgan fingerprint density at radius 2 is 1.67 bits per heavy atom. The highest BCUT2D eigenvalue weighted by Crippen LogP contribution is 2.31. The van der Waals surface area contributed by atoms with Crippen LogP contribution in [0.3, 0.4) is 0 Å². The summed E-state index contributed by atoms with van der Waals surface area (Å²) in [6, 6.07) is 15.9. The molecular weight excluding hydrogens is 515 g/mol. The zero-order valence-corrected chi connectivity index (χ0v) is 19.9. The highest BCUT2D eigenvalue weighted by molar-refractivity contribution is 9.10. The molecule has 158 valence electrons. The predicted molar refractivity (Wildman–Crippen MR) is 125 cm³/mol. The van der Waals surface area contributed by atoms with E-state index in [9.17, 15) is 9.59 Å². The molecular formula is C20H18BrCl3N4O2. The van der Waals surface area contributed by atoms with Gasteiger partial charge in [-0.3, -0.25) is 14.3 Å². The van der Waals surface area contributed by atoms with Gasteiger partial charge in [-0.05, 0) is 43.3 Å². The number of aromatic nitrogens is 2. The maximum absolute atomic E-state index is 13.1. The van der Waals surface area contributed by atoms with Crippen LogP contribution in [0, 0.1) is 6.92 Å². The Morgan fingerprint density at radius 3 is 2.23 bits per heavy atom. The zero-order chi connectivity index (χ0) is 22.1. The third-order valence-corrected chi connectivity index (χ3v) is 5.74. The SMILES string of the molecule is Cc1c(N[C@@H](NC(=O)c2ccc(Br)cc2)C(Cl)(Cl)Cl)c(=O)n(-c2ccccc2)n1C. The van der Waals surface area contributed by atoms with Crippen LogP contribution in [0.4, 0.5) is 5.69 Å². The van der Waals surface area contributed by atoms with E-state index in [0.717, 1.165) is 4.47 Å². The molecule has 1 amide bonds. The highest BCUT2D eigenvalue weighted by atomic mass is 79.9. The first-order valence-electron chi connectivity index (χ1n) is 8.83. The van der Waals surface area contributed by atoms with Crippen molar-refractivity contribution < 1.29 is 4.79 Å². The number of carbonyl (C=O) groups is 1. The molecule has 0 fully saturated rings. The van der Waals surface area contributed by atoms with E-state index in [2.05, 4.69) is 26.6 Å². The number of nitrogens with zero attached hydrogens (tertiary/aromatic N) is 2. The van der Waals surface area contributed by atoms with Gasteiger partial charge in [0.1, 0.15) is 11.9 Å². The second kappa shape index (κ2) is 9.06. The summed E-state index contributed by atoms with van der Waals surface area (Å²) in [7, 11) is 1.75. The monoisotopic (exact) mass is 530 g/mol. The molecule has 0 aliphatic rings. The van der Waals surface area contributed by atoms with Crippen LogP contribution in [0.1, 0.15) is 16.1 Å². The molecule has 0 unspecified atom stereocenters. The molecule has 0 saturated carbocycles. The fourth-order valence-corrected chi connectivity index (χ4v) is 3.49. The molecule has 30 heavy (non-hydrogen) atoms. The van der Waals surface area contributed by atoms with Crippen molar-refractivity contribution >= 4 is 62.3 Å². The van der Waals surface area contributed by atoms with Gasteiger partial charge in [0.15, 0.2) is 0 Å². The summed E-state index contributed by atoms with van der Waals surface area (Å²) >= 11 is 21.6. The van der Waals surface area contributed by atoms with Gasteiger partial charge in [0.05, 0.1) is 11.4 Å². The van der Waals surface area contributed by atoms with Crippen LogP contribution in [0.25, 0.3) is 5.69 Å². The Kier molecular flexibility index (Phi) is 6.87. The second-order valence-corrected chi connectivity index (χ2v) is 9.82. The summed E-state index contributed by atoms with van der Waals surface area (Å²) in [6.45, 7) is 1.76. The molecule has 0 spiro atoms. The van der Waals surface area contributed by atoms with Gasteiger partial charge in [0, 0.05) is 17.1 Å². The van der Waals surface area contributed by atoms with Crippen LogP contribution >= 0.6 is 50.7 Å². The summed E-state index contributed by atoms with van der Waals surface area (Å²) in [5, 5.41) is 5.55. The molecule has 0 saturated heterocycles. The highest BCUT2D eigenvalue weighted by Gasteiger charge is 2.36. The van der Waals surface area contributed by atoms with E-state index >= 15 is 0 Å². The van der Waals surface area contributed by atoms with Gasteiger partial charge in [0.2, 0.25) is 3.79 Å². The van der Waals surface area contributed by atoms with Gasteiger partial charge in [-0.25, -0.2) is 4.68 Å². The van der Waals surface area contributed by atoms with Gasteiger partial charge in [0.25, 0.3) is 11.5 Å². The number of halogens is 4. The molecule has 1 heterocycles. The number of hydrogen-bond donors (Lipinski definition) is 2. The molecule has 0 bridgehead atoms. The third-order valence-electron chi connectivity index (χ3n) is 4.55. The molecule has 3 rings (SSSR count). The van der Waals surface area contributed by atoms with Crippen LogP contribution in [0.15, 0.2) is 63.9 Å². The molecule has 2 N–H and O–H groups in total. The van der Waals surface area contributed by atoms with E-state index in [1.165, 1.54) is 4.68 Å². The zero-order valence-electron chi connectivity index (χ0n) is 16.0. The van der Waals surface area contributed by atoms with Crippen molar-refractivity contribution in [1.82, 2.24) is 14.7 Å². The van der Waals surface area contributed by atoms with Gasteiger partial charge >= 0.3 is 0 Å². The molecule has 2 aromatic carbocycles. The first-order valence-corrected chi connectivity index (χ1v) is 10.8. The topological polar surface area (TPSA) is 68.1 Å². The van der Waals surface area contributed by atoms with Crippen molar-refractivity contribution in [2.75, 3.05) is 5.32 Å². The lowest BCUT2D eigenvalue weighted by molar-refractivity contribution is 0.0942. The van der Waals surface area contributed by atoms with Gasteiger partial charge < -0.3 is 10.6 Å². The van der Waals surface area contributed by atoms with Gasteiger partial charge in [-0.1, -0.05) is 68.9 Å². The van der Waals surface area contributed by atoms with Crippen LogP contribution in [0.2, 0.25) is 0 Å². The fourth-order valence-electron chi connectivity index (χ4n) is 2.89. The summed E-state index contributed by atoms with van der Waals surface area (Å²) in [4.78, 5) is 25.7. The summed E-state index contributed by atoms with van der Waals surface area (Å²) in [6.07, 6.45) is -1.16. The van der Waals surface area contributed by atoms with Crippen molar-refractivity contribution in [3.8, 4) is 5.69 Å². The first-order chi connectivity index (χ1) is 14.1. The first kappa shape index (κ1) is 22.7. The standard InChI is InChI=1S/C20H18BrCl3N4O2/c1-12-16(18(30)28(27(12)2)15-6-4-3-5-7-15)25-19(20(22,23)24)26-17(29)13-8-10-14(21)11-9-13/h3-11,19,25H,1-2H3,(H,26,29)/t19-/m0/s1. The fraction of sp³-hybridized carbons (Fsp3) is 0.200. The second-order valence-electron chi connectivity index (χ2n) is 6.54. The molecule has 0 aliphatic heterocycles. The lowest BCUT2D eigenvalue weighted by Gasteiger charge is -2.27. The maximum Gasteiger partial charge on any atom is 0.295 e. The van der Waals surface area contributed by atoms with Crippen molar-refractivity contribution in [3.63, 3.8) is 0 Å². The predicted octanol–water partition coefficient (Wildman–Crippen LogP) is 4.79. The Labute approximate surface area is 196 Å². The minimum absolute atomic E-state index is 0.216. The van der Waals surface area contributed by atoms with E-state index < -0.39 is 15.9 Å². The molecule has 1 aromatic heterocycles. The molecule has 10 heteroatoms. The minimum atomic E-state index is -1.92. The maximum atomic E-state index is 13.1. The molecule has 3 aromatic rings. The summed E-state index contributed by atoms with van der Waals surface area (Å²) in [5.74, 6) is -0.455. The molecule has 1 atom stereocenters. The minimum Gasteiger partial charge on any atom is -0.356 e. The van der Waals surface area contributed by atoms with Crippen molar-refractivity contribution in [2.45, 2.75) is 16.9 Å². The number of rotatable bonds is 5. The van der Waals surface area contributed by atoms with Crippen LogP contribution in [-0.2, 0) is 7.05 Å². The number of para-hydroxylation sites is 1. The smallest absolute Gasteiger partial charge is 0.295 e.